The zero-order valence-electron chi connectivity index (χ0n) is 11.5. The molecule has 2 N–H and O–H groups in total. The molecule has 1 aliphatic rings. The van der Waals surface area contributed by atoms with Crippen molar-refractivity contribution in [1.29, 1.82) is 0 Å². The Labute approximate surface area is 119 Å². The first-order valence-electron chi connectivity index (χ1n) is 6.97. The quantitative estimate of drug-likeness (QED) is 0.872. The van der Waals surface area contributed by atoms with Crippen LogP contribution in [0, 0.1) is 11.3 Å². The second-order valence-corrected chi connectivity index (χ2v) is 7.32. The van der Waals surface area contributed by atoms with Gasteiger partial charge in [0.1, 0.15) is 0 Å². The molecular weight excluding hydrogens is 286 g/mol. The summed E-state index contributed by atoms with van der Waals surface area (Å²) in [5, 5.41) is 0. The molecule has 0 bridgehead atoms. The van der Waals surface area contributed by atoms with Crippen LogP contribution in [0.5, 0.6) is 0 Å². The van der Waals surface area contributed by atoms with E-state index in [1.807, 2.05) is 0 Å². The van der Waals surface area contributed by atoms with Crippen LogP contribution in [0.4, 0.5) is 0 Å². The van der Waals surface area contributed by atoms with Gasteiger partial charge < -0.3 is 5.73 Å². The van der Waals surface area contributed by atoms with Gasteiger partial charge in [-0.1, -0.05) is 48.0 Å². The summed E-state index contributed by atoms with van der Waals surface area (Å²) < 4.78 is 1.19. The fourth-order valence-corrected chi connectivity index (χ4v) is 3.38. The van der Waals surface area contributed by atoms with Gasteiger partial charge in [0, 0.05) is 10.5 Å². The van der Waals surface area contributed by atoms with Crippen molar-refractivity contribution < 1.29 is 0 Å². The van der Waals surface area contributed by atoms with Crippen LogP contribution >= 0.6 is 15.9 Å². The zero-order valence-corrected chi connectivity index (χ0v) is 13.0. The van der Waals surface area contributed by atoms with Crippen molar-refractivity contribution in [2.24, 2.45) is 17.1 Å². The Bertz CT molecular complexity index is 390. The summed E-state index contributed by atoms with van der Waals surface area (Å²) in [5.74, 6) is 0.699. The van der Waals surface area contributed by atoms with Crippen LogP contribution in [0.25, 0.3) is 0 Å². The smallest absolute Gasteiger partial charge is 0.0207 e. The van der Waals surface area contributed by atoms with Gasteiger partial charge >= 0.3 is 0 Å². The molecule has 0 spiro atoms. The average molecular weight is 310 g/mol. The summed E-state index contributed by atoms with van der Waals surface area (Å²) >= 11 is 3.61. The first-order chi connectivity index (χ1) is 8.48. The van der Waals surface area contributed by atoms with Gasteiger partial charge in [0.2, 0.25) is 0 Å². The Kier molecular flexibility index (Phi) is 4.50. The van der Waals surface area contributed by atoms with E-state index in [1.165, 1.54) is 35.7 Å². The molecule has 1 aromatic carbocycles. The molecule has 1 aromatic rings. The molecule has 1 fully saturated rings. The van der Waals surface area contributed by atoms with Crippen LogP contribution in [0.15, 0.2) is 28.7 Å². The molecule has 1 aliphatic carbocycles. The number of rotatable bonds is 3. The molecule has 1 unspecified atom stereocenters. The Balaban J connectivity index is 1.93. The standard InChI is InChI=1S/C16H24BrN/c1-16(2)9-7-12(8-10-16)15(18)11-13-5-3-4-6-14(13)17/h3-6,12,15H,7-11,18H2,1-2H3. The van der Waals surface area contributed by atoms with E-state index in [9.17, 15) is 0 Å². The summed E-state index contributed by atoms with van der Waals surface area (Å²) in [6, 6.07) is 8.74. The highest BCUT2D eigenvalue weighted by molar-refractivity contribution is 9.10. The van der Waals surface area contributed by atoms with E-state index in [0.717, 1.165) is 6.42 Å². The topological polar surface area (TPSA) is 26.0 Å². The first-order valence-corrected chi connectivity index (χ1v) is 7.76. The van der Waals surface area contributed by atoms with E-state index in [-0.39, 0.29) is 0 Å². The van der Waals surface area contributed by atoms with E-state index < -0.39 is 0 Å². The highest BCUT2D eigenvalue weighted by Gasteiger charge is 2.29. The van der Waals surface area contributed by atoms with Crippen LogP contribution in [-0.2, 0) is 6.42 Å². The first kappa shape index (κ1) is 14.1. The predicted molar refractivity (Wildman–Crippen MR) is 81.6 cm³/mol. The van der Waals surface area contributed by atoms with Crippen LogP contribution in [-0.4, -0.2) is 6.04 Å². The second-order valence-electron chi connectivity index (χ2n) is 6.46. The van der Waals surface area contributed by atoms with Crippen LogP contribution < -0.4 is 5.73 Å². The van der Waals surface area contributed by atoms with E-state index in [4.69, 9.17) is 5.73 Å². The Morgan fingerprint density at radius 1 is 1.28 bits per heavy atom. The number of halogens is 1. The molecule has 2 rings (SSSR count). The third-order valence-corrected chi connectivity index (χ3v) is 5.18. The number of hydrogen-bond acceptors (Lipinski definition) is 1. The van der Waals surface area contributed by atoms with Gasteiger partial charge in [0.25, 0.3) is 0 Å². The second kappa shape index (κ2) is 5.75. The lowest BCUT2D eigenvalue weighted by Crippen LogP contribution is -2.36. The molecule has 0 amide bonds. The van der Waals surface area contributed by atoms with Crippen molar-refractivity contribution in [3.63, 3.8) is 0 Å². The summed E-state index contributed by atoms with van der Waals surface area (Å²) in [5.41, 5.74) is 8.29. The maximum absolute atomic E-state index is 6.42. The molecule has 0 saturated heterocycles. The fourth-order valence-electron chi connectivity index (χ4n) is 2.93. The van der Waals surface area contributed by atoms with Crippen molar-refractivity contribution in [2.45, 2.75) is 52.0 Å². The van der Waals surface area contributed by atoms with E-state index in [0.29, 0.717) is 17.4 Å². The molecule has 0 aromatic heterocycles. The summed E-state index contributed by atoms with van der Waals surface area (Å²) in [7, 11) is 0. The Morgan fingerprint density at radius 2 is 1.89 bits per heavy atom. The Hall–Kier alpha value is -0.340. The minimum Gasteiger partial charge on any atom is -0.327 e. The van der Waals surface area contributed by atoms with E-state index >= 15 is 0 Å². The normalized spacial score (nSPS) is 21.8. The third kappa shape index (κ3) is 3.58. The lowest BCUT2D eigenvalue weighted by molar-refractivity contribution is 0.173. The summed E-state index contributed by atoms with van der Waals surface area (Å²) in [6.07, 6.45) is 6.21. The lowest BCUT2D eigenvalue weighted by atomic mass is 9.70. The fraction of sp³-hybridized carbons (Fsp3) is 0.625. The molecule has 0 radical (unpaired) electrons. The van der Waals surface area contributed by atoms with Gasteiger partial charge in [-0.05, 0) is 55.1 Å². The number of benzene rings is 1. The van der Waals surface area contributed by atoms with Crippen LogP contribution in [0.1, 0.15) is 45.1 Å². The molecule has 18 heavy (non-hydrogen) atoms. The molecule has 0 heterocycles. The minimum absolute atomic E-state index is 0.305. The lowest BCUT2D eigenvalue weighted by Gasteiger charge is -2.37. The van der Waals surface area contributed by atoms with Crippen molar-refractivity contribution in [3.05, 3.63) is 34.3 Å². The van der Waals surface area contributed by atoms with Crippen molar-refractivity contribution in [1.82, 2.24) is 0 Å². The zero-order chi connectivity index (χ0) is 13.2. The maximum atomic E-state index is 6.42. The van der Waals surface area contributed by atoms with Gasteiger partial charge in [0.15, 0.2) is 0 Å². The SMILES string of the molecule is CC1(C)CCC(C(N)Cc2ccccc2Br)CC1. The predicted octanol–water partition coefficient (Wildman–Crippen LogP) is 4.54. The van der Waals surface area contributed by atoms with Gasteiger partial charge in [-0.25, -0.2) is 0 Å². The maximum Gasteiger partial charge on any atom is 0.0207 e. The van der Waals surface area contributed by atoms with Crippen molar-refractivity contribution >= 4 is 15.9 Å². The molecule has 1 nitrogen and oxygen atoms in total. The summed E-state index contributed by atoms with van der Waals surface area (Å²) in [6.45, 7) is 4.76. The average Bonchev–Trinajstić information content (AvgIpc) is 2.32. The van der Waals surface area contributed by atoms with Crippen LogP contribution in [0.2, 0.25) is 0 Å². The molecule has 100 valence electrons. The monoisotopic (exact) mass is 309 g/mol. The number of hydrogen-bond donors (Lipinski definition) is 1. The molecular formula is C16H24BrN. The highest BCUT2D eigenvalue weighted by atomic mass is 79.9. The van der Waals surface area contributed by atoms with E-state index in [2.05, 4.69) is 54.0 Å². The van der Waals surface area contributed by atoms with E-state index in [1.54, 1.807) is 0 Å². The van der Waals surface area contributed by atoms with Gasteiger partial charge in [-0.2, -0.15) is 0 Å². The largest absolute Gasteiger partial charge is 0.327 e. The van der Waals surface area contributed by atoms with Gasteiger partial charge in [0.05, 0.1) is 0 Å². The van der Waals surface area contributed by atoms with Gasteiger partial charge in [-0.3, -0.25) is 0 Å². The Morgan fingerprint density at radius 3 is 2.50 bits per heavy atom. The summed E-state index contributed by atoms with van der Waals surface area (Å²) in [4.78, 5) is 0. The van der Waals surface area contributed by atoms with Crippen molar-refractivity contribution in [3.8, 4) is 0 Å². The molecule has 2 heteroatoms. The van der Waals surface area contributed by atoms with Crippen molar-refractivity contribution in [2.75, 3.05) is 0 Å². The van der Waals surface area contributed by atoms with Gasteiger partial charge in [-0.15, -0.1) is 0 Å². The van der Waals surface area contributed by atoms with Crippen LogP contribution in [0.3, 0.4) is 0 Å². The molecule has 0 aliphatic heterocycles. The minimum atomic E-state index is 0.305. The number of nitrogens with two attached hydrogens (primary N) is 1. The molecule has 1 atom stereocenters. The molecule has 1 saturated carbocycles. The third-order valence-electron chi connectivity index (χ3n) is 4.40. The highest BCUT2D eigenvalue weighted by Crippen LogP contribution is 2.39.